The van der Waals surface area contributed by atoms with Crippen molar-refractivity contribution in [3.05, 3.63) is 62.8 Å². The van der Waals surface area contributed by atoms with Crippen LogP contribution in [0.4, 0.5) is 4.39 Å². The number of rotatable bonds is 3. The Kier molecular flexibility index (Phi) is 4.25. The Balaban J connectivity index is 2.11. The first kappa shape index (κ1) is 13.4. The van der Waals surface area contributed by atoms with E-state index in [-0.39, 0.29) is 5.02 Å². The Bertz CT molecular complexity index is 572. The fourth-order valence-electron chi connectivity index (χ4n) is 1.52. The van der Waals surface area contributed by atoms with Crippen molar-refractivity contribution in [3.63, 3.8) is 0 Å². The zero-order chi connectivity index (χ0) is 13.1. The van der Waals surface area contributed by atoms with Crippen LogP contribution in [0.1, 0.15) is 11.1 Å². The van der Waals surface area contributed by atoms with Gasteiger partial charge in [0, 0.05) is 4.47 Å². The van der Waals surface area contributed by atoms with E-state index >= 15 is 0 Å². The van der Waals surface area contributed by atoms with E-state index < -0.39 is 5.82 Å². The maximum absolute atomic E-state index is 13.3. The highest BCUT2D eigenvalue weighted by atomic mass is 79.9. The summed E-state index contributed by atoms with van der Waals surface area (Å²) in [7, 11) is 0. The molecule has 0 aliphatic carbocycles. The molecule has 0 amide bonds. The van der Waals surface area contributed by atoms with Crippen LogP contribution < -0.4 is 4.74 Å². The summed E-state index contributed by atoms with van der Waals surface area (Å²) in [5, 5.41) is 0.123. The Morgan fingerprint density at radius 1 is 1.22 bits per heavy atom. The first-order valence-electron chi connectivity index (χ1n) is 5.39. The van der Waals surface area contributed by atoms with Crippen molar-refractivity contribution in [2.45, 2.75) is 13.5 Å². The zero-order valence-corrected chi connectivity index (χ0v) is 12.1. The van der Waals surface area contributed by atoms with E-state index in [1.165, 1.54) is 12.1 Å². The van der Waals surface area contributed by atoms with Crippen LogP contribution in [-0.4, -0.2) is 0 Å². The summed E-state index contributed by atoms with van der Waals surface area (Å²) in [6.07, 6.45) is 0. The van der Waals surface area contributed by atoms with Gasteiger partial charge < -0.3 is 4.74 Å². The molecule has 0 unspecified atom stereocenters. The van der Waals surface area contributed by atoms with Gasteiger partial charge in [-0.05, 0) is 42.3 Å². The molecule has 0 saturated heterocycles. The van der Waals surface area contributed by atoms with Crippen molar-refractivity contribution in [1.82, 2.24) is 0 Å². The molecule has 0 N–H and O–H groups in total. The third kappa shape index (κ3) is 3.24. The van der Waals surface area contributed by atoms with Crippen LogP contribution in [0.5, 0.6) is 5.75 Å². The Labute approximate surface area is 119 Å². The minimum atomic E-state index is -0.427. The van der Waals surface area contributed by atoms with Gasteiger partial charge in [0.2, 0.25) is 0 Å². The van der Waals surface area contributed by atoms with Gasteiger partial charge in [-0.1, -0.05) is 39.7 Å². The smallest absolute Gasteiger partial charge is 0.142 e. The van der Waals surface area contributed by atoms with Crippen LogP contribution in [0.3, 0.4) is 0 Å². The summed E-state index contributed by atoms with van der Waals surface area (Å²) in [5.74, 6) is 0.350. The monoisotopic (exact) mass is 328 g/mol. The summed E-state index contributed by atoms with van der Waals surface area (Å²) in [5.41, 5.74) is 1.78. The Hall–Kier alpha value is -1.06. The summed E-state index contributed by atoms with van der Waals surface area (Å²) in [6, 6.07) is 10.5. The van der Waals surface area contributed by atoms with E-state index in [1.54, 1.807) is 6.07 Å². The van der Waals surface area contributed by atoms with Gasteiger partial charge >= 0.3 is 0 Å². The predicted octanol–water partition coefficient (Wildman–Crippen LogP) is 5.13. The molecule has 2 rings (SSSR count). The lowest BCUT2D eigenvalue weighted by atomic mass is 10.2. The number of benzene rings is 2. The molecule has 94 valence electrons. The average molecular weight is 330 g/mol. The average Bonchev–Trinajstić information content (AvgIpc) is 2.34. The van der Waals surface area contributed by atoms with Gasteiger partial charge in [0.1, 0.15) is 18.2 Å². The van der Waals surface area contributed by atoms with Gasteiger partial charge in [0.25, 0.3) is 0 Å². The van der Waals surface area contributed by atoms with Crippen LogP contribution in [0.25, 0.3) is 0 Å². The van der Waals surface area contributed by atoms with E-state index in [4.69, 9.17) is 16.3 Å². The maximum atomic E-state index is 13.3. The van der Waals surface area contributed by atoms with Gasteiger partial charge in [-0.2, -0.15) is 0 Å². The summed E-state index contributed by atoms with van der Waals surface area (Å²) < 4.78 is 19.9. The van der Waals surface area contributed by atoms with Crippen LogP contribution in [-0.2, 0) is 6.61 Å². The third-order valence-corrected chi connectivity index (χ3v) is 3.33. The van der Waals surface area contributed by atoms with Crippen LogP contribution in [0.2, 0.25) is 5.02 Å². The topological polar surface area (TPSA) is 9.23 Å². The second-order valence-electron chi connectivity index (χ2n) is 3.95. The number of hydrogen-bond acceptors (Lipinski definition) is 1. The van der Waals surface area contributed by atoms with Crippen LogP contribution in [0.15, 0.2) is 40.9 Å². The Morgan fingerprint density at radius 2 is 2.00 bits per heavy atom. The molecule has 0 saturated carbocycles. The molecular weight excluding hydrogens is 319 g/mol. The van der Waals surface area contributed by atoms with E-state index in [0.717, 1.165) is 21.3 Å². The molecule has 0 fully saturated rings. The molecule has 0 spiro atoms. The van der Waals surface area contributed by atoms with Crippen molar-refractivity contribution >= 4 is 27.5 Å². The standard InChI is InChI=1S/C14H11BrClFO/c1-9-2-4-11(15)7-14(9)18-8-10-3-5-12(16)13(17)6-10/h2-7H,8H2,1H3. The largest absolute Gasteiger partial charge is 0.489 e. The first-order valence-corrected chi connectivity index (χ1v) is 6.56. The number of aryl methyl sites for hydroxylation is 1. The van der Waals surface area contributed by atoms with Crippen molar-refractivity contribution < 1.29 is 9.13 Å². The SMILES string of the molecule is Cc1ccc(Br)cc1OCc1ccc(Cl)c(F)c1. The molecule has 0 heterocycles. The molecule has 1 nitrogen and oxygen atoms in total. The fourth-order valence-corrected chi connectivity index (χ4v) is 1.98. The highest BCUT2D eigenvalue weighted by molar-refractivity contribution is 9.10. The molecule has 18 heavy (non-hydrogen) atoms. The van der Waals surface area contributed by atoms with E-state index in [0.29, 0.717) is 6.61 Å². The van der Waals surface area contributed by atoms with Crippen molar-refractivity contribution in [2.75, 3.05) is 0 Å². The van der Waals surface area contributed by atoms with Crippen molar-refractivity contribution in [1.29, 1.82) is 0 Å². The first-order chi connectivity index (χ1) is 8.56. The molecule has 4 heteroatoms. The molecule has 2 aromatic rings. The van der Waals surface area contributed by atoms with Gasteiger partial charge in [-0.15, -0.1) is 0 Å². The number of ether oxygens (including phenoxy) is 1. The minimum Gasteiger partial charge on any atom is -0.489 e. The van der Waals surface area contributed by atoms with E-state index in [2.05, 4.69) is 15.9 Å². The fraction of sp³-hybridized carbons (Fsp3) is 0.143. The second kappa shape index (κ2) is 5.72. The molecule has 0 aromatic heterocycles. The predicted molar refractivity (Wildman–Crippen MR) is 74.6 cm³/mol. The normalized spacial score (nSPS) is 10.4. The highest BCUT2D eigenvalue weighted by Gasteiger charge is 2.04. The van der Waals surface area contributed by atoms with Crippen molar-refractivity contribution in [2.24, 2.45) is 0 Å². The molecular formula is C14H11BrClFO. The van der Waals surface area contributed by atoms with Gasteiger partial charge in [-0.25, -0.2) is 4.39 Å². The van der Waals surface area contributed by atoms with Crippen molar-refractivity contribution in [3.8, 4) is 5.75 Å². The Morgan fingerprint density at radius 3 is 2.72 bits per heavy atom. The van der Waals surface area contributed by atoms with Gasteiger partial charge in [-0.3, -0.25) is 0 Å². The lowest BCUT2D eigenvalue weighted by Gasteiger charge is -2.10. The highest BCUT2D eigenvalue weighted by Crippen LogP contribution is 2.24. The van der Waals surface area contributed by atoms with E-state index in [1.807, 2.05) is 25.1 Å². The van der Waals surface area contributed by atoms with Gasteiger partial charge in [0.05, 0.1) is 5.02 Å². The molecule has 0 aliphatic heterocycles. The quantitative estimate of drug-likeness (QED) is 0.758. The second-order valence-corrected chi connectivity index (χ2v) is 5.27. The van der Waals surface area contributed by atoms with Crippen LogP contribution >= 0.6 is 27.5 Å². The summed E-state index contributed by atoms with van der Waals surface area (Å²) >= 11 is 9.01. The lowest BCUT2D eigenvalue weighted by Crippen LogP contribution is -1.97. The maximum Gasteiger partial charge on any atom is 0.142 e. The molecule has 0 radical (unpaired) electrons. The molecule has 0 bridgehead atoms. The summed E-state index contributed by atoms with van der Waals surface area (Å²) in [6.45, 7) is 2.27. The van der Waals surface area contributed by atoms with Crippen LogP contribution in [0, 0.1) is 12.7 Å². The summed E-state index contributed by atoms with van der Waals surface area (Å²) in [4.78, 5) is 0. The zero-order valence-electron chi connectivity index (χ0n) is 9.71. The lowest BCUT2D eigenvalue weighted by molar-refractivity contribution is 0.303. The minimum absolute atomic E-state index is 0.123. The third-order valence-electron chi connectivity index (χ3n) is 2.53. The number of hydrogen-bond donors (Lipinski definition) is 0. The molecule has 2 aromatic carbocycles. The molecule has 0 atom stereocenters. The van der Waals surface area contributed by atoms with Gasteiger partial charge in [0.15, 0.2) is 0 Å². The van der Waals surface area contributed by atoms with E-state index in [9.17, 15) is 4.39 Å². The molecule has 0 aliphatic rings. The number of halogens is 3.